The minimum atomic E-state index is -0.499. The quantitative estimate of drug-likeness (QED) is 0.232. The molecule has 2 aliphatic rings. The molecule has 2 aliphatic heterocycles. The normalized spacial score (nSPS) is 18.0. The molecule has 0 radical (unpaired) electrons. The Labute approximate surface area is 260 Å². The van der Waals surface area contributed by atoms with Gasteiger partial charge >= 0.3 is 0 Å². The van der Waals surface area contributed by atoms with Gasteiger partial charge in [0, 0.05) is 78.5 Å². The zero-order valence-electron chi connectivity index (χ0n) is 27.3. The molecule has 3 aromatic heterocycles. The zero-order valence-corrected chi connectivity index (χ0v) is 27.3. The van der Waals surface area contributed by atoms with E-state index < -0.39 is 5.41 Å². The van der Waals surface area contributed by atoms with E-state index in [1.54, 1.807) is 4.90 Å². The summed E-state index contributed by atoms with van der Waals surface area (Å²) in [5, 5.41) is 19.4. The monoisotopic (exact) mass is 597 g/mol. The molecule has 0 aromatic carbocycles. The first-order chi connectivity index (χ1) is 21.0. The lowest BCUT2D eigenvalue weighted by atomic mass is 9.71. The Morgan fingerprint density at radius 3 is 2.02 bits per heavy atom. The van der Waals surface area contributed by atoms with Crippen LogP contribution in [0.4, 0.5) is 0 Å². The summed E-state index contributed by atoms with van der Waals surface area (Å²) < 4.78 is 0. The molecule has 8 heteroatoms. The average molecular weight is 598 g/mol. The Kier molecular flexibility index (Phi) is 9.14. The number of rotatable bonds is 9. The highest BCUT2D eigenvalue weighted by molar-refractivity contribution is 5.84. The highest BCUT2D eigenvalue weighted by atomic mass is 16.3. The van der Waals surface area contributed by atoms with Crippen molar-refractivity contribution < 1.29 is 15.0 Å². The number of aliphatic hydroxyl groups is 2. The molecule has 5 heterocycles. The van der Waals surface area contributed by atoms with E-state index >= 15 is 0 Å². The smallest absolute Gasteiger partial charge is 0.223 e. The van der Waals surface area contributed by atoms with Crippen molar-refractivity contribution in [3.05, 3.63) is 69.3 Å². The van der Waals surface area contributed by atoms with Crippen molar-refractivity contribution in [1.82, 2.24) is 24.8 Å². The van der Waals surface area contributed by atoms with Gasteiger partial charge in [0.2, 0.25) is 5.91 Å². The molecular weight excluding hydrogens is 550 g/mol. The van der Waals surface area contributed by atoms with Crippen LogP contribution >= 0.6 is 0 Å². The van der Waals surface area contributed by atoms with Gasteiger partial charge < -0.3 is 25.1 Å². The molecule has 0 saturated heterocycles. The number of aromatic amines is 2. The SMILES string of the molecule is CC[C@@H]1c2cc3nc(cc4[nH]c(cc5[nH]c(cc(n2)[C@@]1(C)CC(=O)N(C)C)c(C)c5CCCO)c(CCCO)c4C)C=C3C. The third kappa shape index (κ3) is 5.85. The zero-order chi connectivity index (χ0) is 31.8. The molecule has 4 N–H and O–H groups in total. The number of aliphatic hydroxyl groups excluding tert-OH is 2. The number of hydrogen-bond acceptors (Lipinski definition) is 5. The largest absolute Gasteiger partial charge is 0.396 e. The minimum absolute atomic E-state index is 0.0499. The fraction of sp³-hybridized carbons (Fsp3) is 0.472. The summed E-state index contributed by atoms with van der Waals surface area (Å²) >= 11 is 0. The Balaban J connectivity index is 1.91. The number of aryl methyl sites for hydroxylation is 4. The highest BCUT2D eigenvalue weighted by Gasteiger charge is 2.44. The maximum Gasteiger partial charge on any atom is 0.223 e. The summed E-state index contributed by atoms with van der Waals surface area (Å²) in [5.41, 5.74) is 12.8. The number of nitrogens with zero attached hydrogens (tertiary/aromatic N) is 3. The predicted molar refractivity (Wildman–Crippen MR) is 179 cm³/mol. The Morgan fingerprint density at radius 2 is 1.48 bits per heavy atom. The van der Waals surface area contributed by atoms with Crippen LogP contribution in [0.25, 0.3) is 33.7 Å². The Bertz CT molecular complexity index is 1760. The maximum absolute atomic E-state index is 13.2. The van der Waals surface area contributed by atoms with E-state index in [1.807, 2.05) is 14.1 Å². The first-order valence-electron chi connectivity index (χ1n) is 15.8. The molecule has 0 spiro atoms. The van der Waals surface area contributed by atoms with E-state index in [0.29, 0.717) is 19.3 Å². The molecule has 44 heavy (non-hydrogen) atoms. The number of carbonyl (C=O) groups excluding carboxylic acids is 1. The number of aromatic nitrogens is 4. The lowest BCUT2D eigenvalue weighted by Crippen LogP contribution is -2.34. The van der Waals surface area contributed by atoms with Gasteiger partial charge in [0.15, 0.2) is 0 Å². The predicted octanol–water partition coefficient (Wildman–Crippen LogP) is 6.27. The van der Waals surface area contributed by atoms with Crippen molar-refractivity contribution in [2.45, 2.75) is 84.5 Å². The molecule has 0 aliphatic carbocycles. The van der Waals surface area contributed by atoms with Crippen molar-refractivity contribution in [2.75, 3.05) is 27.3 Å². The van der Waals surface area contributed by atoms with Gasteiger partial charge in [-0.2, -0.15) is 0 Å². The molecule has 0 fully saturated rings. The molecule has 0 unspecified atom stereocenters. The summed E-state index contributed by atoms with van der Waals surface area (Å²) in [5.74, 6) is 0.126. The standard InChI is InChI=1S/C36H47N5O3/c1-8-27-33-17-28-21(2)15-24(37-28)16-29-22(3)25(11-9-13-42)31(38-29)18-32-26(12-10-14-43)23(4)30(39-32)19-34(40-33)36(27,5)20-35(44)41(6)7/h15-19,27,38-39,42-43H,8-14,20H2,1-7H3/t27-,36+/m1/s1. The van der Waals surface area contributed by atoms with Crippen LogP contribution in [-0.4, -0.2) is 68.3 Å². The van der Waals surface area contributed by atoms with Crippen molar-refractivity contribution >= 4 is 39.6 Å². The lowest BCUT2D eigenvalue weighted by molar-refractivity contribution is -0.130. The van der Waals surface area contributed by atoms with Crippen molar-refractivity contribution in [3.63, 3.8) is 0 Å². The fourth-order valence-electron chi connectivity index (χ4n) is 6.92. The topological polar surface area (TPSA) is 118 Å². The van der Waals surface area contributed by atoms with Gasteiger partial charge in [-0.25, -0.2) is 4.98 Å². The van der Waals surface area contributed by atoms with Crippen LogP contribution in [0.15, 0.2) is 24.3 Å². The molecule has 234 valence electrons. The summed E-state index contributed by atoms with van der Waals surface area (Å²) in [6.07, 6.45) is 6.11. The summed E-state index contributed by atoms with van der Waals surface area (Å²) in [7, 11) is 3.62. The van der Waals surface area contributed by atoms with E-state index in [-0.39, 0.29) is 25.0 Å². The van der Waals surface area contributed by atoms with E-state index in [0.717, 1.165) is 86.4 Å². The van der Waals surface area contributed by atoms with Gasteiger partial charge in [-0.15, -0.1) is 0 Å². The number of carbonyl (C=O) groups is 1. The molecule has 1 amide bonds. The second-order valence-corrected chi connectivity index (χ2v) is 12.9. The summed E-state index contributed by atoms with van der Waals surface area (Å²) in [6, 6.07) is 8.51. The molecule has 8 nitrogen and oxygen atoms in total. The van der Waals surface area contributed by atoms with E-state index in [9.17, 15) is 15.0 Å². The van der Waals surface area contributed by atoms with Crippen LogP contribution in [0.1, 0.15) is 97.4 Å². The van der Waals surface area contributed by atoms with Crippen LogP contribution in [0, 0.1) is 13.8 Å². The van der Waals surface area contributed by atoms with Crippen LogP contribution < -0.4 is 0 Å². The van der Waals surface area contributed by atoms with Crippen LogP contribution in [0.3, 0.4) is 0 Å². The van der Waals surface area contributed by atoms with Crippen LogP contribution in [0.2, 0.25) is 0 Å². The minimum Gasteiger partial charge on any atom is -0.396 e. The van der Waals surface area contributed by atoms with Crippen molar-refractivity contribution in [2.24, 2.45) is 0 Å². The van der Waals surface area contributed by atoms with Crippen LogP contribution in [-0.2, 0) is 23.1 Å². The number of H-pyrrole nitrogens is 2. The molecular formula is C36H47N5O3. The second-order valence-electron chi connectivity index (χ2n) is 12.9. The lowest BCUT2D eigenvalue weighted by Gasteiger charge is -2.31. The maximum atomic E-state index is 13.2. The van der Waals surface area contributed by atoms with Crippen molar-refractivity contribution in [1.29, 1.82) is 0 Å². The fourth-order valence-corrected chi connectivity index (χ4v) is 6.92. The van der Waals surface area contributed by atoms with E-state index in [4.69, 9.17) is 9.97 Å². The average Bonchev–Trinajstić information content (AvgIpc) is 3.64. The Morgan fingerprint density at radius 1 is 0.886 bits per heavy atom. The summed E-state index contributed by atoms with van der Waals surface area (Å²) in [4.78, 5) is 32.5. The summed E-state index contributed by atoms with van der Waals surface area (Å²) in [6.45, 7) is 10.9. The number of amides is 1. The number of allylic oxidation sites excluding steroid dienone is 1. The van der Waals surface area contributed by atoms with Gasteiger partial charge in [0.25, 0.3) is 0 Å². The Hall–Kier alpha value is -3.75. The third-order valence-electron chi connectivity index (χ3n) is 9.62. The van der Waals surface area contributed by atoms with Gasteiger partial charge in [0.1, 0.15) is 0 Å². The first-order valence-corrected chi connectivity index (χ1v) is 15.8. The molecule has 2 atom stereocenters. The van der Waals surface area contributed by atoms with Gasteiger partial charge in [-0.1, -0.05) is 13.8 Å². The number of hydrogen-bond donors (Lipinski definition) is 4. The van der Waals surface area contributed by atoms with Gasteiger partial charge in [0.05, 0.1) is 11.4 Å². The van der Waals surface area contributed by atoms with Crippen molar-refractivity contribution in [3.8, 4) is 0 Å². The molecule has 8 bridgehead atoms. The van der Waals surface area contributed by atoms with E-state index in [1.165, 1.54) is 5.56 Å². The third-order valence-corrected chi connectivity index (χ3v) is 9.62. The van der Waals surface area contributed by atoms with Crippen LogP contribution in [0.5, 0.6) is 0 Å². The molecule has 0 saturated carbocycles. The highest BCUT2D eigenvalue weighted by Crippen LogP contribution is 2.47. The van der Waals surface area contributed by atoms with E-state index in [2.05, 4.69) is 74.9 Å². The first kappa shape index (κ1) is 31.7. The number of fused-ring (bicyclic) bond motifs is 8. The van der Waals surface area contributed by atoms with Gasteiger partial charge in [-0.05, 0) is 111 Å². The second kappa shape index (κ2) is 12.7. The molecule has 5 rings (SSSR count). The molecule has 3 aromatic rings. The van der Waals surface area contributed by atoms with Gasteiger partial charge in [-0.3, -0.25) is 9.78 Å². The number of nitrogens with one attached hydrogen (secondary N) is 2.